The summed E-state index contributed by atoms with van der Waals surface area (Å²) in [6, 6.07) is 7.58. The Morgan fingerprint density at radius 1 is 1.25 bits per heavy atom. The number of alkyl carbamates (subject to hydrolysis) is 1. The molecule has 0 spiro atoms. The van der Waals surface area contributed by atoms with Gasteiger partial charge in [0.05, 0.1) is 18.8 Å². The predicted octanol–water partition coefficient (Wildman–Crippen LogP) is 3.50. The van der Waals surface area contributed by atoms with Gasteiger partial charge in [0.1, 0.15) is 5.60 Å². The standard InChI is InChI=1S/C18H27ClN2O3/c1-17(2,3)24-16(22)21-18(8-10-20-11-9-18)13-23-12-14-4-6-15(19)7-5-14/h4-7,20H,8-13H2,1-3H3,(H,21,22). The number of carbonyl (C=O) groups is 1. The van der Waals surface area contributed by atoms with Gasteiger partial charge in [-0.2, -0.15) is 0 Å². The number of hydrogen-bond acceptors (Lipinski definition) is 4. The molecule has 0 bridgehead atoms. The highest BCUT2D eigenvalue weighted by molar-refractivity contribution is 6.30. The molecular weight excluding hydrogens is 328 g/mol. The van der Waals surface area contributed by atoms with Gasteiger partial charge in [-0.3, -0.25) is 0 Å². The number of carbonyl (C=O) groups excluding carboxylic acids is 1. The third-order valence-electron chi connectivity index (χ3n) is 3.89. The molecule has 1 aliphatic heterocycles. The smallest absolute Gasteiger partial charge is 0.408 e. The first-order valence-electron chi connectivity index (χ1n) is 8.32. The fourth-order valence-corrected chi connectivity index (χ4v) is 2.80. The van der Waals surface area contributed by atoms with Crippen molar-refractivity contribution in [3.8, 4) is 0 Å². The Hall–Kier alpha value is -1.30. The van der Waals surface area contributed by atoms with E-state index in [-0.39, 0.29) is 11.6 Å². The van der Waals surface area contributed by atoms with Gasteiger partial charge in [0.25, 0.3) is 0 Å². The maximum absolute atomic E-state index is 12.2. The Labute approximate surface area is 149 Å². The molecule has 1 aromatic rings. The van der Waals surface area contributed by atoms with Gasteiger partial charge >= 0.3 is 6.09 Å². The lowest BCUT2D eigenvalue weighted by Gasteiger charge is -2.38. The average molecular weight is 355 g/mol. The van der Waals surface area contributed by atoms with Gasteiger partial charge in [-0.15, -0.1) is 0 Å². The van der Waals surface area contributed by atoms with E-state index in [1.54, 1.807) is 0 Å². The lowest BCUT2D eigenvalue weighted by Crippen LogP contribution is -2.58. The van der Waals surface area contributed by atoms with E-state index in [1.165, 1.54) is 0 Å². The molecule has 0 unspecified atom stereocenters. The van der Waals surface area contributed by atoms with Crippen LogP contribution in [0.4, 0.5) is 4.79 Å². The summed E-state index contributed by atoms with van der Waals surface area (Å²) in [5.74, 6) is 0. The van der Waals surface area contributed by atoms with Crippen molar-refractivity contribution in [2.24, 2.45) is 0 Å². The average Bonchev–Trinajstić information content (AvgIpc) is 2.48. The summed E-state index contributed by atoms with van der Waals surface area (Å²) in [5, 5.41) is 7.06. The molecule has 1 aromatic carbocycles. The van der Waals surface area contributed by atoms with Crippen LogP contribution in [0.2, 0.25) is 5.02 Å². The van der Waals surface area contributed by atoms with Crippen molar-refractivity contribution in [1.29, 1.82) is 0 Å². The van der Waals surface area contributed by atoms with Crippen molar-refractivity contribution >= 4 is 17.7 Å². The summed E-state index contributed by atoms with van der Waals surface area (Å²) in [7, 11) is 0. The highest BCUT2D eigenvalue weighted by Crippen LogP contribution is 2.21. The maximum Gasteiger partial charge on any atom is 0.408 e. The van der Waals surface area contributed by atoms with Gasteiger partial charge < -0.3 is 20.1 Å². The van der Waals surface area contributed by atoms with Crippen LogP contribution in [0.1, 0.15) is 39.2 Å². The number of piperidine rings is 1. The molecule has 134 valence electrons. The summed E-state index contributed by atoms with van der Waals surface area (Å²) in [4.78, 5) is 12.2. The van der Waals surface area contributed by atoms with Crippen LogP contribution >= 0.6 is 11.6 Å². The van der Waals surface area contributed by atoms with Gasteiger partial charge in [-0.1, -0.05) is 23.7 Å². The van der Waals surface area contributed by atoms with Crippen LogP contribution in [0.15, 0.2) is 24.3 Å². The molecule has 2 N–H and O–H groups in total. The monoisotopic (exact) mass is 354 g/mol. The molecule has 0 radical (unpaired) electrons. The van der Waals surface area contributed by atoms with E-state index in [1.807, 2.05) is 45.0 Å². The van der Waals surface area contributed by atoms with E-state index < -0.39 is 5.60 Å². The molecule has 2 rings (SSSR count). The minimum Gasteiger partial charge on any atom is -0.444 e. The van der Waals surface area contributed by atoms with Crippen LogP contribution in [0, 0.1) is 0 Å². The number of nitrogens with one attached hydrogen (secondary N) is 2. The molecule has 0 aliphatic carbocycles. The van der Waals surface area contributed by atoms with E-state index in [4.69, 9.17) is 21.1 Å². The van der Waals surface area contributed by atoms with Crippen molar-refractivity contribution in [3.63, 3.8) is 0 Å². The molecule has 1 amide bonds. The van der Waals surface area contributed by atoms with E-state index in [0.29, 0.717) is 18.2 Å². The summed E-state index contributed by atoms with van der Waals surface area (Å²) < 4.78 is 11.3. The van der Waals surface area contributed by atoms with Crippen LogP contribution in [0.25, 0.3) is 0 Å². The van der Waals surface area contributed by atoms with Crippen molar-refractivity contribution in [1.82, 2.24) is 10.6 Å². The van der Waals surface area contributed by atoms with Crippen LogP contribution in [-0.2, 0) is 16.1 Å². The molecule has 1 saturated heterocycles. The number of hydrogen-bond donors (Lipinski definition) is 2. The number of benzene rings is 1. The van der Waals surface area contributed by atoms with Crippen LogP contribution < -0.4 is 10.6 Å². The molecule has 0 aromatic heterocycles. The normalized spacial score (nSPS) is 17.3. The zero-order chi connectivity index (χ0) is 17.6. The van der Waals surface area contributed by atoms with E-state index in [9.17, 15) is 4.79 Å². The quantitative estimate of drug-likeness (QED) is 0.849. The number of rotatable bonds is 5. The summed E-state index contributed by atoms with van der Waals surface area (Å²) in [6.07, 6.45) is 1.24. The summed E-state index contributed by atoms with van der Waals surface area (Å²) in [5.41, 5.74) is 0.156. The fourth-order valence-electron chi connectivity index (χ4n) is 2.68. The minimum atomic E-state index is -0.512. The second-order valence-electron chi connectivity index (χ2n) is 7.28. The second kappa shape index (κ2) is 8.19. The molecule has 1 fully saturated rings. The van der Waals surface area contributed by atoms with E-state index in [0.717, 1.165) is 31.5 Å². The maximum atomic E-state index is 12.2. The highest BCUT2D eigenvalue weighted by Gasteiger charge is 2.35. The van der Waals surface area contributed by atoms with Gasteiger partial charge in [-0.05, 0) is 64.4 Å². The van der Waals surface area contributed by atoms with Crippen molar-refractivity contribution in [2.45, 2.75) is 51.4 Å². The SMILES string of the molecule is CC(C)(C)OC(=O)NC1(COCc2ccc(Cl)cc2)CCNCC1. The Kier molecular flexibility index (Phi) is 6.49. The molecular formula is C18H27ClN2O3. The van der Waals surface area contributed by atoms with Crippen LogP contribution in [-0.4, -0.2) is 36.9 Å². The minimum absolute atomic E-state index is 0.389. The zero-order valence-corrected chi connectivity index (χ0v) is 15.4. The first-order valence-corrected chi connectivity index (χ1v) is 8.70. The van der Waals surface area contributed by atoms with Crippen LogP contribution in [0.3, 0.4) is 0 Å². The Morgan fingerprint density at radius 2 is 1.88 bits per heavy atom. The Bertz CT molecular complexity index is 534. The number of halogens is 1. The Balaban J connectivity index is 1.91. The largest absolute Gasteiger partial charge is 0.444 e. The lowest BCUT2D eigenvalue weighted by molar-refractivity contribution is 0.0170. The number of amides is 1. The third kappa shape index (κ3) is 6.30. The highest BCUT2D eigenvalue weighted by atomic mass is 35.5. The van der Waals surface area contributed by atoms with E-state index >= 15 is 0 Å². The van der Waals surface area contributed by atoms with Gasteiger partial charge in [0.2, 0.25) is 0 Å². The van der Waals surface area contributed by atoms with Crippen molar-refractivity contribution < 1.29 is 14.3 Å². The molecule has 24 heavy (non-hydrogen) atoms. The predicted molar refractivity (Wildman–Crippen MR) is 95.3 cm³/mol. The molecule has 0 atom stereocenters. The van der Waals surface area contributed by atoms with Crippen molar-refractivity contribution in [3.05, 3.63) is 34.9 Å². The zero-order valence-electron chi connectivity index (χ0n) is 14.7. The van der Waals surface area contributed by atoms with Gasteiger partial charge in [-0.25, -0.2) is 4.79 Å². The molecule has 5 nitrogen and oxygen atoms in total. The molecule has 1 heterocycles. The van der Waals surface area contributed by atoms with Gasteiger partial charge in [0, 0.05) is 5.02 Å². The lowest BCUT2D eigenvalue weighted by atomic mass is 9.89. The fraction of sp³-hybridized carbons (Fsp3) is 0.611. The van der Waals surface area contributed by atoms with Gasteiger partial charge in [0.15, 0.2) is 0 Å². The first kappa shape index (κ1) is 19.0. The summed E-state index contributed by atoms with van der Waals surface area (Å²) in [6.45, 7) is 8.22. The summed E-state index contributed by atoms with van der Waals surface area (Å²) >= 11 is 5.89. The Morgan fingerprint density at radius 3 is 2.46 bits per heavy atom. The molecule has 0 saturated carbocycles. The topological polar surface area (TPSA) is 59.6 Å². The van der Waals surface area contributed by atoms with Crippen molar-refractivity contribution in [2.75, 3.05) is 19.7 Å². The molecule has 1 aliphatic rings. The number of ether oxygens (including phenoxy) is 2. The first-order chi connectivity index (χ1) is 11.3. The second-order valence-corrected chi connectivity index (χ2v) is 7.71. The van der Waals surface area contributed by atoms with Crippen LogP contribution in [0.5, 0.6) is 0 Å². The third-order valence-corrected chi connectivity index (χ3v) is 4.14. The molecule has 6 heteroatoms. The van der Waals surface area contributed by atoms with E-state index in [2.05, 4.69) is 10.6 Å².